The number of benzene rings is 3. The lowest BCUT2D eigenvalue weighted by Gasteiger charge is -2.27. The van der Waals surface area contributed by atoms with Crippen molar-refractivity contribution in [2.45, 2.75) is 38.6 Å². The van der Waals surface area contributed by atoms with E-state index in [9.17, 15) is 13.2 Å². The SMILES string of the molecule is COc1ccc(OC)c(N(CC(=O)NC(C)c2cc(C)c(C)cc2C)S(=O)(=O)c2ccccc2)c1. The maximum Gasteiger partial charge on any atom is 0.264 e. The average Bonchev–Trinajstić information content (AvgIpc) is 2.84. The number of methoxy groups -OCH3 is 2. The zero-order valence-corrected chi connectivity index (χ0v) is 21.8. The fraction of sp³-hybridized carbons (Fsp3) is 0.296. The van der Waals surface area contributed by atoms with Crippen molar-refractivity contribution in [3.8, 4) is 11.5 Å². The van der Waals surface area contributed by atoms with Gasteiger partial charge < -0.3 is 14.8 Å². The van der Waals surface area contributed by atoms with Crippen molar-refractivity contribution in [3.05, 3.63) is 82.9 Å². The summed E-state index contributed by atoms with van der Waals surface area (Å²) in [5, 5.41) is 2.96. The molecule has 0 aliphatic rings. The summed E-state index contributed by atoms with van der Waals surface area (Å²) in [6.45, 7) is 7.52. The third kappa shape index (κ3) is 5.77. The number of sulfonamides is 1. The van der Waals surface area contributed by atoms with Crippen molar-refractivity contribution in [3.63, 3.8) is 0 Å². The van der Waals surface area contributed by atoms with Crippen LogP contribution < -0.4 is 19.1 Å². The third-order valence-electron chi connectivity index (χ3n) is 6.00. The Morgan fingerprint density at radius 3 is 2.20 bits per heavy atom. The predicted molar refractivity (Wildman–Crippen MR) is 138 cm³/mol. The van der Waals surface area contributed by atoms with Crippen LogP contribution >= 0.6 is 0 Å². The number of ether oxygens (including phenoxy) is 2. The highest BCUT2D eigenvalue weighted by Crippen LogP contribution is 2.35. The molecule has 0 bridgehead atoms. The van der Waals surface area contributed by atoms with Gasteiger partial charge in [-0.15, -0.1) is 0 Å². The van der Waals surface area contributed by atoms with Crippen molar-refractivity contribution < 1.29 is 22.7 Å². The van der Waals surface area contributed by atoms with Crippen LogP contribution in [0.3, 0.4) is 0 Å². The zero-order valence-electron chi connectivity index (χ0n) is 21.0. The molecule has 0 aromatic heterocycles. The lowest BCUT2D eigenvalue weighted by Crippen LogP contribution is -2.41. The van der Waals surface area contributed by atoms with Gasteiger partial charge >= 0.3 is 0 Å². The van der Waals surface area contributed by atoms with Gasteiger partial charge in [-0.3, -0.25) is 9.10 Å². The van der Waals surface area contributed by atoms with E-state index in [1.807, 2.05) is 27.7 Å². The minimum atomic E-state index is -4.09. The molecule has 0 saturated carbocycles. The smallest absolute Gasteiger partial charge is 0.264 e. The maximum absolute atomic E-state index is 13.7. The molecule has 1 amide bonds. The van der Waals surface area contributed by atoms with Crippen LogP contribution in [0.1, 0.15) is 35.2 Å². The molecule has 3 aromatic rings. The maximum atomic E-state index is 13.7. The van der Waals surface area contributed by atoms with Gasteiger partial charge in [0.1, 0.15) is 18.0 Å². The first-order chi connectivity index (χ1) is 16.6. The Bertz CT molecular complexity index is 1310. The van der Waals surface area contributed by atoms with Gasteiger partial charge in [0.05, 0.1) is 30.8 Å². The summed E-state index contributed by atoms with van der Waals surface area (Å²) in [5.74, 6) is 0.296. The molecular formula is C27H32N2O5S. The Kier molecular flexibility index (Phi) is 8.07. The Balaban J connectivity index is 1.99. The number of rotatable bonds is 9. The standard InChI is InChI=1S/C27H32N2O5S/c1-18-14-20(3)24(15-19(18)2)21(4)28-27(30)17-29(35(31,32)23-10-8-7-9-11-23)25-16-22(33-5)12-13-26(25)34-6/h7-16,21H,17H2,1-6H3,(H,28,30). The number of amides is 1. The molecule has 3 aromatic carbocycles. The van der Waals surface area contributed by atoms with Crippen LogP contribution in [0.2, 0.25) is 0 Å². The molecule has 0 fully saturated rings. The number of aryl methyl sites for hydroxylation is 3. The molecule has 0 radical (unpaired) electrons. The lowest BCUT2D eigenvalue weighted by molar-refractivity contribution is -0.120. The van der Waals surface area contributed by atoms with E-state index >= 15 is 0 Å². The number of nitrogens with one attached hydrogen (secondary N) is 1. The lowest BCUT2D eigenvalue weighted by atomic mass is 9.96. The fourth-order valence-corrected chi connectivity index (χ4v) is 5.40. The molecule has 7 nitrogen and oxygen atoms in total. The second-order valence-electron chi connectivity index (χ2n) is 8.44. The highest BCUT2D eigenvalue weighted by Gasteiger charge is 2.30. The van der Waals surface area contributed by atoms with Crippen LogP contribution in [0.15, 0.2) is 65.6 Å². The first-order valence-electron chi connectivity index (χ1n) is 11.3. The van der Waals surface area contributed by atoms with E-state index in [1.54, 1.807) is 36.4 Å². The van der Waals surface area contributed by atoms with Gasteiger partial charge in [-0.25, -0.2) is 8.42 Å². The predicted octanol–water partition coefficient (Wildman–Crippen LogP) is 4.70. The molecule has 0 spiro atoms. The summed E-state index contributed by atoms with van der Waals surface area (Å²) in [5.41, 5.74) is 4.55. The number of hydrogen-bond acceptors (Lipinski definition) is 5. The van der Waals surface area contributed by atoms with Crippen LogP contribution in [-0.4, -0.2) is 35.1 Å². The summed E-state index contributed by atoms with van der Waals surface area (Å²) in [7, 11) is -1.16. The van der Waals surface area contributed by atoms with Gasteiger partial charge in [-0.1, -0.05) is 30.3 Å². The number of carbonyl (C=O) groups is 1. The van der Waals surface area contributed by atoms with Crippen LogP contribution in [-0.2, 0) is 14.8 Å². The van der Waals surface area contributed by atoms with Gasteiger partial charge in [-0.05, 0) is 74.2 Å². The molecule has 0 heterocycles. The highest BCUT2D eigenvalue weighted by atomic mass is 32.2. The Hall–Kier alpha value is -3.52. The van der Waals surface area contributed by atoms with Crippen molar-refractivity contribution >= 4 is 21.6 Å². The van der Waals surface area contributed by atoms with Crippen LogP contribution in [0.25, 0.3) is 0 Å². The van der Waals surface area contributed by atoms with Crippen LogP contribution in [0.4, 0.5) is 5.69 Å². The summed E-state index contributed by atoms with van der Waals surface area (Å²) in [6.07, 6.45) is 0. The van der Waals surface area contributed by atoms with E-state index in [4.69, 9.17) is 9.47 Å². The zero-order chi connectivity index (χ0) is 25.8. The Labute approximate surface area is 207 Å². The molecule has 1 atom stereocenters. The summed E-state index contributed by atoms with van der Waals surface area (Å²) >= 11 is 0. The molecule has 35 heavy (non-hydrogen) atoms. The van der Waals surface area contributed by atoms with E-state index in [0.29, 0.717) is 11.5 Å². The minimum absolute atomic E-state index is 0.0655. The van der Waals surface area contributed by atoms with E-state index < -0.39 is 22.5 Å². The average molecular weight is 497 g/mol. The Morgan fingerprint density at radius 2 is 1.57 bits per heavy atom. The Morgan fingerprint density at radius 1 is 0.914 bits per heavy atom. The third-order valence-corrected chi connectivity index (χ3v) is 7.77. The molecular weight excluding hydrogens is 464 g/mol. The molecule has 1 unspecified atom stereocenters. The molecule has 8 heteroatoms. The van der Waals surface area contributed by atoms with Crippen molar-refractivity contribution in [2.75, 3.05) is 25.1 Å². The van der Waals surface area contributed by atoms with E-state index in [2.05, 4.69) is 17.4 Å². The highest BCUT2D eigenvalue weighted by molar-refractivity contribution is 7.92. The molecule has 186 valence electrons. The van der Waals surface area contributed by atoms with Crippen LogP contribution in [0, 0.1) is 20.8 Å². The number of anilines is 1. The monoisotopic (exact) mass is 496 g/mol. The van der Waals surface area contributed by atoms with Gasteiger partial charge in [-0.2, -0.15) is 0 Å². The number of nitrogens with zero attached hydrogens (tertiary/aromatic N) is 1. The van der Waals surface area contributed by atoms with Crippen molar-refractivity contribution in [2.24, 2.45) is 0 Å². The quantitative estimate of drug-likeness (QED) is 0.464. The summed E-state index contributed by atoms with van der Waals surface area (Å²) in [6, 6.07) is 16.6. The molecule has 1 N–H and O–H groups in total. The van der Waals surface area contributed by atoms with E-state index in [1.165, 1.54) is 31.9 Å². The second-order valence-corrected chi connectivity index (χ2v) is 10.3. The van der Waals surface area contributed by atoms with Gasteiger partial charge in [0, 0.05) is 6.07 Å². The van der Waals surface area contributed by atoms with Crippen molar-refractivity contribution in [1.82, 2.24) is 5.32 Å². The molecule has 0 aliphatic carbocycles. The first-order valence-corrected chi connectivity index (χ1v) is 12.7. The second kappa shape index (κ2) is 10.8. The minimum Gasteiger partial charge on any atom is -0.497 e. The van der Waals surface area contributed by atoms with Gasteiger partial charge in [0.15, 0.2) is 0 Å². The van der Waals surface area contributed by atoms with Gasteiger partial charge in [0.25, 0.3) is 10.0 Å². The summed E-state index contributed by atoms with van der Waals surface area (Å²) < 4.78 is 39.2. The fourth-order valence-electron chi connectivity index (χ4n) is 3.96. The first kappa shape index (κ1) is 26.1. The topological polar surface area (TPSA) is 84.9 Å². The molecule has 3 rings (SSSR count). The number of carbonyl (C=O) groups excluding carboxylic acids is 1. The van der Waals surface area contributed by atoms with Gasteiger partial charge in [0.2, 0.25) is 5.91 Å². The summed E-state index contributed by atoms with van der Waals surface area (Å²) in [4.78, 5) is 13.3. The molecule has 0 aliphatic heterocycles. The van der Waals surface area contributed by atoms with Crippen LogP contribution in [0.5, 0.6) is 11.5 Å². The van der Waals surface area contributed by atoms with E-state index in [0.717, 1.165) is 21.0 Å². The normalized spacial score (nSPS) is 12.1. The number of hydrogen-bond donors (Lipinski definition) is 1. The van der Waals surface area contributed by atoms with E-state index in [-0.39, 0.29) is 16.6 Å². The van der Waals surface area contributed by atoms with Crippen molar-refractivity contribution in [1.29, 1.82) is 0 Å². The molecule has 0 saturated heterocycles. The largest absolute Gasteiger partial charge is 0.497 e.